The van der Waals surface area contributed by atoms with Crippen LogP contribution in [0.5, 0.6) is 0 Å². The van der Waals surface area contributed by atoms with Gasteiger partial charge in [-0.15, -0.1) is 0 Å². The van der Waals surface area contributed by atoms with E-state index in [1.807, 2.05) is 78.9 Å². The topological polar surface area (TPSA) is 79.3 Å². The molecule has 0 aromatic heterocycles. The molecule has 7 nitrogen and oxygen atoms in total. The number of carbonyl (C=O) groups excluding carboxylic acids is 1. The van der Waals surface area contributed by atoms with Crippen molar-refractivity contribution in [2.75, 3.05) is 32.8 Å². The van der Waals surface area contributed by atoms with Crippen LogP contribution >= 0.6 is 0 Å². The average molecular weight is 512 g/mol. The summed E-state index contributed by atoms with van der Waals surface area (Å²) in [7, 11) is -3.65. The van der Waals surface area contributed by atoms with E-state index in [4.69, 9.17) is 4.84 Å². The van der Waals surface area contributed by atoms with Gasteiger partial charge in [0.25, 0.3) is 5.91 Å². The van der Waals surface area contributed by atoms with Crippen molar-refractivity contribution in [2.24, 2.45) is 5.16 Å². The molecule has 0 radical (unpaired) electrons. The Hall–Kier alpha value is -4.01. The zero-order chi connectivity index (χ0) is 25.4. The third kappa shape index (κ3) is 4.28. The summed E-state index contributed by atoms with van der Waals surface area (Å²) >= 11 is 0. The summed E-state index contributed by atoms with van der Waals surface area (Å²) in [6, 6.07) is 28.8. The summed E-state index contributed by atoms with van der Waals surface area (Å²) in [5, 5.41) is 6.19. The van der Waals surface area contributed by atoms with Crippen molar-refractivity contribution in [3.63, 3.8) is 0 Å². The lowest BCUT2D eigenvalue weighted by Crippen LogP contribution is -2.51. The molecular weight excluding hydrogens is 486 g/mol. The van der Waals surface area contributed by atoms with Crippen molar-refractivity contribution in [1.29, 1.82) is 0 Å². The first-order valence-electron chi connectivity index (χ1n) is 12.2. The van der Waals surface area contributed by atoms with Gasteiger partial charge >= 0.3 is 0 Å². The highest BCUT2D eigenvalue weighted by atomic mass is 32.2. The van der Waals surface area contributed by atoms with Gasteiger partial charge in [0, 0.05) is 37.3 Å². The molecule has 37 heavy (non-hydrogen) atoms. The van der Waals surface area contributed by atoms with Crippen LogP contribution < -0.4 is 0 Å². The summed E-state index contributed by atoms with van der Waals surface area (Å²) in [6.07, 6.45) is 0. The number of hydrogen-bond donors (Lipinski definition) is 0. The minimum atomic E-state index is -3.65. The number of amides is 1. The number of hydrogen-bond acceptors (Lipinski definition) is 5. The van der Waals surface area contributed by atoms with Gasteiger partial charge < -0.3 is 9.74 Å². The van der Waals surface area contributed by atoms with E-state index in [1.54, 1.807) is 17.0 Å². The lowest BCUT2D eigenvalue weighted by atomic mass is 10.1. The minimum absolute atomic E-state index is 0.203. The zero-order valence-electron chi connectivity index (χ0n) is 20.1. The second-order valence-corrected chi connectivity index (χ2v) is 11.0. The van der Waals surface area contributed by atoms with Crippen LogP contribution in [0, 0.1) is 0 Å². The Morgan fingerprint density at radius 2 is 1.30 bits per heavy atom. The van der Waals surface area contributed by atoms with Gasteiger partial charge in [-0.3, -0.25) is 4.79 Å². The van der Waals surface area contributed by atoms with Crippen LogP contribution in [0.3, 0.4) is 0 Å². The molecule has 0 spiro atoms. The molecule has 0 saturated carbocycles. The Bertz CT molecular complexity index is 1590. The number of piperazine rings is 1. The van der Waals surface area contributed by atoms with Crippen LogP contribution in [-0.2, 0) is 19.7 Å². The van der Waals surface area contributed by atoms with Gasteiger partial charge in [-0.25, -0.2) is 8.42 Å². The number of fused-ring (bicyclic) bond motifs is 4. The molecule has 1 aliphatic carbocycles. The summed E-state index contributed by atoms with van der Waals surface area (Å²) in [5.74, 6) is -0.216. The Kier molecular flexibility index (Phi) is 5.98. The third-order valence-corrected chi connectivity index (χ3v) is 8.84. The van der Waals surface area contributed by atoms with Crippen molar-refractivity contribution >= 4 is 32.4 Å². The van der Waals surface area contributed by atoms with Crippen molar-refractivity contribution in [2.45, 2.75) is 4.90 Å². The summed E-state index contributed by atoms with van der Waals surface area (Å²) < 4.78 is 27.9. The van der Waals surface area contributed by atoms with Crippen LogP contribution in [0.25, 0.3) is 21.9 Å². The Morgan fingerprint density at radius 3 is 1.95 bits per heavy atom. The number of sulfonamides is 1. The highest BCUT2D eigenvalue weighted by molar-refractivity contribution is 7.89. The molecule has 8 heteroatoms. The van der Waals surface area contributed by atoms with Crippen molar-refractivity contribution in [3.05, 3.63) is 102 Å². The number of benzene rings is 4. The molecular formula is C29H25N3O4S. The molecule has 1 fully saturated rings. The van der Waals surface area contributed by atoms with Crippen LogP contribution in [0.2, 0.25) is 0 Å². The maximum absolute atomic E-state index is 13.2. The zero-order valence-corrected chi connectivity index (χ0v) is 20.9. The molecule has 0 bridgehead atoms. The lowest BCUT2D eigenvalue weighted by molar-refractivity contribution is -0.137. The van der Waals surface area contributed by atoms with Gasteiger partial charge in [0.05, 0.1) is 4.90 Å². The maximum atomic E-state index is 13.2. The number of rotatable bonds is 5. The smallest absolute Gasteiger partial charge is 0.263 e. The van der Waals surface area contributed by atoms with E-state index in [0.29, 0.717) is 18.8 Å². The molecule has 1 aliphatic heterocycles. The van der Waals surface area contributed by atoms with E-state index < -0.39 is 10.0 Å². The number of carbonyl (C=O) groups is 1. The van der Waals surface area contributed by atoms with E-state index in [1.165, 1.54) is 4.31 Å². The fraction of sp³-hybridized carbons (Fsp3) is 0.172. The van der Waals surface area contributed by atoms with Gasteiger partial charge in [-0.05, 0) is 34.0 Å². The number of nitrogens with zero attached hydrogens (tertiary/aromatic N) is 3. The maximum Gasteiger partial charge on any atom is 0.263 e. The molecule has 4 aromatic carbocycles. The predicted octanol–water partition coefficient (Wildman–Crippen LogP) is 4.12. The van der Waals surface area contributed by atoms with Crippen molar-refractivity contribution in [1.82, 2.24) is 9.21 Å². The normalized spacial score (nSPS) is 15.4. The first kappa shape index (κ1) is 23.4. The van der Waals surface area contributed by atoms with E-state index in [0.717, 1.165) is 33.0 Å². The summed E-state index contributed by atoms with van der Waals surface area (Å²) in [4.78, 5) is 20.2. The standard InChI is InChI=1S/C29H25N3O4S/c33-28(20-36-30-29-26-11-5-3-9-24(26)25-10-4-6-12-27(25)29)31-15-17-32(18-16-31)37(34,35)23-14-13-21-7-1-2-8-22(21)19-23/h1-14,19H,15-18,20H2. The van der Waals surface area contributed by atoms with Crippen molar-refractivity contribution < 1.29 is 18.0 Å². The van der Waals surface area contributed by atoms with Crippen LogP contribution in [0.1, 0.15) is 11.1 Å². The monoisotopic (exact) mass is 511 g/mol. The predicted molar refractivity (Wildman–Crippen MR) is 143 cm³/mol. The average Bonchev–Trinajstić information content (AvgIpc) is 3.26. The Balaban J connectivity index is 1.09. The van der Waals surface area contributed by atoms with Gasteiger partial charge in [0.15, 0.2) is 6.61 Å². The summed E-state index contributed by atoms with van der Waals surface area (Å²) in [5.41, 5.74) is 4.85. The molecule has 1 saturated heterocycles. The van der Waals surface area contributed by atoms with Crippen LogP contribution in [-0.4, -0.2) is 62.0 Å². The quantitative estimate of drug-likeness (QED) is 0.333. The highest BCUT2D eigenvalue weighted by Crippen LogP contribution is 2.36. The third-order valence-electron chi connectivity index (χ3n) is 6.95. The first-order valence-corrected chi connectivity index (χ1v) is 13.6. The lowest BCUT2D eigenvalue weighted by Gasteiger charge is -2.33. The molecule has 0 atom stereocenters. The van der Waals surface area contributed by atoms with Gasteiger partial charge in [0.1, 0.15) is 5.71 Å². The molecule has 2 aliphatic rings. The largest absolute Gasteiger partial charge is 0.385 e. The molecule has 186 valence electrons. The van der Waals surface area contributed by atoms with E-state index in [-0.39, 0.29) is 30.5 Å². The molecule has 4 aromatic rings. The SMILES string of the molecule is O=C(CON=C1c2ccccc2-c2ccccc21)N1CCN(S(=O)(=O)c2ccc3ccccc3c2)CC1. The highest BCUT2D eigenvalue weighted by Gasteiger charge is 2.30. The molecule has 6 rings (SSSR count). The fourth-order valence-corrected chi connectivity index (χ4v) is 6.45. The second kappa shape index (κ2) is 9.46. The molecule has 1 amide bonds. The Morgan fingerprint density at radius 1 is 0.730 bits per heavy atom. The fourth-order valence-electron chi connectivity index (χ4n) is 4.99. The minimum Gasteiger partial charge on any atom is -0.385 e. The molecule has 1 heterocycles. The molecule has 0 N–H and O–H groups in total. The van der Waals surface area contributed by atoms with E-state index in [9.17, 15) is 13.2 Å². The molecule has 0 unspecified atom stereocenters. The van der Waals surface area contributed by atoms with Crippen LogP contribution in [0.15, 0.2) is 101 Å². The van der Waals surface area contributed by atoms with E-state index >= 15 is 0 Å². The van der Waals surface area contributed by atoms with Crippen LogP contribution in [0.4, 0.5) is 0 Å². The van der Waals surface area contributed by atoms with E-state index in [2.05, 4.69) is 5.16 Å². The van der Waals surface area contributed by atoms with Gasteiger partial charge in [-0.2, -0.15) is 4.31 Å². The summed E-state index contributed by atoms with van der Waals surface area (Å²) in [6.45, 7) is 0.867. The second-order valence-electron chi connectivity index (χ2n) is 9.10. The Labute approximate surface area is 215 Å². The van der Waals surface area contributed by atoms with Gasteiger partial charge in [-0.1, -0.05) is 84.0 Å². The number of oxime groups is 1. The van der Waals surface area contributed by atoms with Crippen molar-refractivity contribution in [3.8, 4) is 11.1 Å². The van der Waals surface area contributed by atoms with Gasteiger partial charge in [0.2, 0.25) is 10.0 Å². The first-order chi connectivity index (χ1) is 18.0.